The molecule has 4 rings (SSSR count). The Morgan fingerprint density at radius 3 is 2.53 bits per heavy atom. The average Bonchev–Trinajstić information content (AvgIpc) is 3.30. The number of ether oxygens (including phenoxy) is 2. The molecule has 2 aromatic carbocycles. The van der Waals surface area contributed by atoms with Crippen LogP contribution in [0.4, 0.5) is 5.69 Å². The van der Waals surface area contributed by atoms with Gasteiger partial charge in [-0.25, -0.2) is 4.98 Å². The first-order valence-corrected chi connectivity index (χ1v) is 11.5. The monoisotopic (exact) mass is 487 g/mol. The van der Waals surface area contributed by atoms with Gasteiger partial charge in [0.05, 0.1) is 37.3 Å². The normalized spacial score (nSPS) is 10.8. The minimum atomic E-state index is -0.225. The van der Waals surface area contributed by atoms with E-state index in [1.807, 2.05) is 41.0 Å². The fourth-order valence-electron chi connectivity index (χ4n) is 4.11. The first kappa shape index (κ1) is 24.7. The van der Waals surface area contributed by atoms with Gasteiger partial charge in [0, 0.05) is 50.9 Å². The summed E-state index contributed by atoms with van der Waals surface area (Å²) < 4.78 is 12.6. The topological polar surface area (TPSA) is 98.6 Å². The van der Waals surface area contributed by atoms with Crippen LogP contribution in [0.2, 0.25) is 0 Å². The molecule has 36 heavy (non-hydrogen) atoms. The van der Waals surface area contributed by atoms with Crippen molar-refractivity contribution in [2.45, 2.75) is 26.4 Å². The fraction of sp³-hybridized carbons (Fsp3) is 0.259. The van der Waals surface area contributed by atoms with Crippen molar-refractivity contribution in [1.82, 2.24) is 19.4 Å². The molecule has 9 heteroatoms. The zero-order chi connectivity index (χ0) is 25.7. The Kier molecular flexibility index (Phi) is 7.48. The van der Waals surface area contributed by atoms with Crippen LogP contribution >= 0.6 is 0 Å². The predicted molar refractivity (Wildman–Crippen MR) is 137 cm³/mol. The van der Waals surface area contributed by atoms with Crippen molar-refractivity contribution in [1.29, 1.82) is 0 Å². The summed E-state index contributed by atoms with van der Waals surface area (Å²) in [6, 6.07) is 14.8. The molecule has 9 nitrogen and oxygen atoms in total. The minimum Gasteiger partial charge on any atom is -0.493 e. The summed E-state index contributed by atoms with van der Waals surface area (Å²) in [5, 5.41) is 2.87. The summed E-state index contributed by atoms with van der Waals surface area (Å²) in [7, 11) is 4.88. The Morgan fingerprint density at radius 2 is 1.83 bits per heavy atom. The molecule has 4 aromatic rings. The summed E-state index contributed by atoms with van der Waals surface area (Å²) in [5.41, 5.74) is 4.23. The van der Waals surface area contributed by atoms with E-state index in [9.17, 15) is 9.59 Å². The zero-order valence-electron chi connectivity index (χ0n) is 20.8. The molecule has 0 atom stereocenters. The highest BCUT2D eigenvalue weighted by atomic mass is 16.5. The highest BCUT2D eigenvalue weighted by Crippen LogP contribution is 2.29. The van der Waals surface area contributed by atoms with Gasteiger partial charge < -0.3 is 24.3 Å². The molecule has 0 bridgehead atoms. The first-order valence-electron chi connectivity index (χ1n) is 11.5. The fourth-order valence-corrected chi connectivity index (χ4v) is 4.11. The predicted octanol–water partition coefficient (Wildman–Crippen LogP) is 3.92. The average molecular weight is 488 g/mol. The van der Waals surface area contributed by atoms with Gasteiger partial charge in [0.15, 0.2) is 11.5 Å². The van der Waals surface area contributed by atoms with E-state index < -0.39 is 0 Å². The Hall–Kier alpha value is -4.40. The van der Waals surface area contributed by atoms with Crippen LogP contribution in [0.5, 0.6) is 11.5 Å². The highest BCUT2D eigenvalue weighted by molar-refractivity contribution is 6.04. The number of methoxy groups -OCH3 is 2. The third-order valence-electron chi connectivity index (χ3n) is 5.82. The van der Waals surface area contributed by atoms with Crippen molar-refractivity contribution in [3.63, 3.8) is 0 Å². The van der Waals surface area contributed by atoms with Gasteiger partial charge in [-0.15, -0.1) is 0 Å². The van der Waals surface area contributed by atoms with Crippen LogP contribution in [-0.2, 0) is 24.3 Å². The van der Waals surface area contributed by atoms with E-state index >= 15 is 0 Å². The number of carbonyl (C=O) groups is 2. The summed E-state index contributed by atoms with van der Waals surface area (Å²) >= 11 is 0. The number of anilines is 1. The maximum atomic E-state index is 13.3. The van der Waals surface area contributed by atoms with Crippen molar-refractivity contribution < 1.29 is 19.1 Å². The van der Waals surface area contributed by atoms with Gasteiger partial charge in [-0.2, -0.15) is 0 Å². The molecule has 1 N–H and O–H groups in total. The zero-order valence-corrected chi connectivity index (χ0v) is 20.8. The van der Waals surface area contributed by atoms with Gasteiger partial charge in [0.2, 0.25) is 5.91 Å². The second kappa shape index (κ2) is 10.9. The smallest absolute Gasteiger partial charge is 0.254 e. The molecule has 2 aromatic heterocycles. The van der Waals surface area contributed by atoms with E-state index in [0.717, 1.165) is 16.8 Å². The quantitative estimate of drug-likeness (QED) is 0.384. The lowest BCUT2D eigenvalue weighted by molar-refractivity contribution is -0.114. The van der Waals surface area contributed by atoms with Crippen molar-refractivity contribution in [2.75, 3.05) is 26.6 Å². The summed E-state index contributed by atoms with van der Waals surface area (Å²) in [6.45, 7) is 2.44. The molecule has 0 aliphatic carbocycles. The number of aromatic nitrogens is 3. The van der Waals surface area contributed by atoms with Crippen molar-refractivity contribution in [3.8, 4) is 11.5 Å². The van der Waals surface area contributed by atoms with E-state index in [0.29, 0.717) is 47.8 Å². The maximum absolute atomic E-state index is 13.3. The molecule has 186 valence electrons. The van der Waals surface area contributed by atoms with E-state index in [-0.39, 0.29) is 11.8 Å². The van der Waals surface area contributed by atoms with Crippen molar-refractivity contribution in [3.05, 3.63) is 77.9 Å². The number of carbonyl (C=O) groups excluding carboxylic acids is 2. The Morgan fingerprint density at radius 1 is 1.03 bits per heavy atom. The number of hydrogen-bond donors (Lipinski definition) is 1. The molecule has 0 unspecified atom stereocenters. The minimum absolute atomic E-state index is 0.193. The molecule has 0 aliphatic heterocycles. The van der Waals surface area contributed by atoms with Crippen LogP contribution in [0, 0.1) is 0 Å². The second-order valence-corrected chi connectivity index (χ2v) is 8.43. The van der Waals surface area contributed by atoms with Crippen LogP contribution in [0.1, 0.15) is 28.5 Å². The van der Waals surface area contributed by atoms with Crippen LogP contribution < -0.4 is 14.8 Å². The number of aryl methyl sites for hydroxylation is 2. The summed E-state index contributed by atoms with van der Waals surface area (Å²) in [5.74, 6) is 0.805. The van der Waals surface area contributed by atoms with E-state index in [1.165, 1.54) is 6.92 Å². The number of amides is 2. The van der Waals surface area contributed by atoms with Crippen LogP contribution in [0.3, 0.4) is 0 Å². The molecular weight excluding hydrogens is 458 g/mol. The van der Waals surface area contributed by atoms with E-state index in [2.05, 4.69) is 15.3 Å². The molecule has 0 saturated heterocycles. The van der Waals surface area contributed by atoms with Crippen LogP contribution in [-0.4, -0.2) is 52.5 Å². The Labute approximate surface area is 209 Å². The molecule has 0 radical (unpaired) electrons. The highest BCUT2D eigenvalue weighted by Gasteiger charge is 2.19. The molecule has 0 aliphatic rings. The Bertz CT molecular complexity index is 1380. The van der Waals surface area contributed by atoms with E-state index in [1.54, 1.807) is 50.8 Å². The number of hydrogen-bond acceptors (Lipinski definition) is 6. The van der Waals surface area contributed by atoms with Crippen molar-refractivity contribution >= 4 is 28.5 Å². The summed E-state index contributed by atoms with van der Waals surface area (Å²) in [6.07, 6.45) is 4.20. The number of imidazole rings is 1. The lowest BCUT2D eigenvalue weighted by Crippen LogP contribution is -2.26. The van der Waals surface area contributed by atoms with Gasteiger partial charge in [-0.3, -0.25) is 14.6 Å². The summed E-state index contributed by atoms with van der Waals surface area (Å²) in [4.78, 5) is 35.8. The van der Waals surface area contributed by atoms with Gasteiger partial charge >= 0.3 is 0 Å². The number of nitrogens with zero attached hydrogens (tertiary/aromatic N) is 4. The number of benzene rings is 2. The molecule has 0 fully saturated rings. The molecule has 0 saturated carbocycles. The van der Waals surface area contributed by atoms with Gasteiger partial charge in [0.1, 0.15) is 0 Å². The van der Waals surface area contributed by atoms with Gasteiger partial charge in [-0.05, 0) is 42.0 Å². The van der Waals surface area contributed by atoms with Gasteiger partial charge in [-0.1, -0.05) is 12.1 Å². The van der Waals surface area contributed by atoms with Crippen LogP contribution in [0.25, 0.3) is 11.0 Å². The number of nitrogens with one attached hydrogen (secondary N) is 1. The molecule has 2 heterocycles. The third-order valence-corrected chi connectivity index (χ3v) is 5.82. The Balaban J connectivity index is 1.60. The lowest BCUT2D eigenvalue weighted by atomic mass is 10.1. The second-order valence-electron chi connectivity index (χ2n) is 8.43. The molecule has 2 amide bonds. The number of pyridine rings is 1. The largest absolute Gasteiger partial charge is 0.493 e. The van der Waals surface area contributed by atoms with Gasteiger partial charge in [0.25, 0.3) is 5.91 Å². The first-order chi connectivity index (χ1) is 17.4. The maximum Gasteiger partial charge on any atom is 0.254 e. The van der Waals surface area contributed by atoms with Crippen molar-refractivity contribution in [2.24, 2.45) is 0 Å². The third kappa shape index (κ3) is 5.46. The SMILES string of the molecule is COc1ccc(CN(C)C(=O)c2cc(NC(C)=O)c3c(c2)ncn3CCc2ccccn2)cc1OC. The van der Waals surface area contributed by atoms with Crippen LogP contribution in [0.15, 0.2) is 61.1 Å². The standard InChI is InChI=1S/C27H29N5O4/c1-18(33)30-23-15-20(27(34)31(2)16-19-8-9-24(35-3)25(13-19)36-4)14-22-26(23)32(17-29-22)12-10-21-7-5-6-11-28-21/h5-9,11,13-15,17H,10,12,16H2,1-4H3,(H,30,33). The number of fused-ring (bicyclic) bond motifs is 1. The lowest BCUT2D eigenvalue weighted by Gasteiger charge is -2.19. The van der Waals surface area contributed by atoms with E-state index in [4.69, 9.17) is 9.47 Å². The molecule has 0 spiro atoms. The molecular formula is C27H29N5O4. The number of rotatable bonds is 9.